The van der Waals surface area contributed by atoms with Crippen LogP contribution in [0, 0.1) is 0 Å². The molecule has 0 amide bonds. The van der Waals surface area contributed by atoms with Crippen LogP contribution in [0.5, 0.6) is 23.0 Å². The van der Waals surface area contributed by atoms with Gasteiger partial charge in [0, 0.05) is 39.3 Å². The molecule has 0 saturated carbocycles. The van der Waals surface area contributed by atoms with Crippen molar-refractivity contribution in [3.63, 3.8) is 0 Å². The Labute approximate surface area is 207 Å². The standard InChI is InChI=1S/C26H37N3O6/c1-31-22-9-6-5-8-21(22)29-15-13-28(14-16-29)12-11-27-10-7-17-35-26(30)20-18-23(32-2)25(34-4)24(19-20)33-3/h5-6,8-9,18-19,27H,7,10-17H2,1-4H3. The molecule has 1 fully saturated rings. The Morgan fingerprint density at radius 2 is 1.51 bits per heavy atom. The van der Waals surface area contributed by atoms with Gasteiger partial charge in [0.2, 0.25) is 5.75 Å². The number of hydrogen-bond acceptors (Lipinski definition) is 9. The molecule has 2 aromatic rings. The zero-order chi connectivity index (χ0) is 25.0. The lowest BCUT2D eigenvalue weighted by molar-refractivity contribution is 0.0499. The molecule has 1 N–H and O–H groups in total. The van der Waals surface area contributed by atoms with Crippen molar-refractivity contribution in [1.82, 2.24) is 10.2 Å². The summed E-state index contributed by atoms with van der Waals surface area (Å²) in [6.45, 7) is 7.01. The van der Waals surface area contributed by atoms with E-state index in [1.165, 1.54) is 21.3 Å². The summed E-state index contributed by atoms with van der Waals surface area (Å²) in [4.78, 5) is 17.3. The van der Waals surface area contributed by atoms with Crippen molar-refractivity contribution < 1.29 is 28.5 Å². The first-order valence-corrected chi connectivity index (χ1v) is 11.9. The number of benzene rings is 2. The maximum atomic E-state index is 12.4. The normalized spacial score (nSPS) is 13.9. The predicted molar refractivity (Wildman–Crippen MR) is 136 cm³/mol. The highest BCUT2D eigenvalue weighted by Crippen LogP contribution is 2.38. The number of methoxy groups -OCH3 is 4. The van der Waals surface area contributed by atoms with Crippen LogP contribution in [0.1, 0.15) is 16.8 Å². The summed E-state index contributed by atoms with van der Waals surface area (Å²) in [6, 6.07) is 11.4. The molecule has 0 aliphatic carbocycles. The number of esters is 1. The van der Waals surface area contributed by atoms with Crippen LogP contribution in [-0.4, -0.2) is 91.7 Å². The first-order valence-electron chi connectivity index (χ1n) is 11.9. The van der Waals surface area contributed by atoms with Crippen molar-refractivity contribution in [3.8, 4) is 23.0 Å². The molecule has 9 heteroatoms. The Morgan fingerprint density at radius 1 is 0.857 bits per heavy atom. The van der Waals surface area contributed by atoms with Gasteiger partial charge in [0.05, 0.1) is 46.3 Å². The Bertz CT molecular complexity index is 921. The first kappa shape index (κ1) is 26.4. The number of piperazine rings is 1. The van der Waals surface area contributed by atoms with E-state index in [0.717, 1.165) is 63.7 Å². The monoisotopic (exact) mass is 487 g/mol. The first-order chi connectivity index (χ1) is 17.1. The molecule has 192 valence electrons. The lowest BCUT2D eigenvalue weighted by atomic mass is 10.2. The van der Waals surface area contributed by atoms with Gasteiger partial charge in [-0.3, -0.25) is 4.90 Å². The fraction of sp³-hybridized carbons (Fsp3) is 0.500. The second-order valence-electron chi connectivity index (χ2n) is 8.15. The molecule has 1 heterocycles. The van der Waals surface area contributed by atoms with E-state index in [-0.39, 0.29) is 0 Å². The zero-order valence-corrected chi connectivity index (χ0v) is 21.2. The lowest BCUT2D eigenvalue weighted by Gasteiger charge is -2.36. The molecule has 0 unspecified atom stereocenters. The molecule has 3 rings (SSSR count). The number of para-hydroxylation sites is 2. The van der Waals surface area contributed by atoms with Gasteiger partial charge >= 0.3 is 5.97 Å². The van der Waals surface area contributed by atoms with Gasteiger partial charge in [-0.1, -0.05) is 12.1 Å². The number of carbonyl (C=O) groups is 1. The van der Waals surface area contributed by atoms with E-state index in [4.69, 9.17) is 23.7 Å². The molecule has 0 aromatic heterocycles. The van der Waals surface area contributed by atoms with Gasteiger partial charge in [-0.15, -0.1) is 0 Å². The van der Waals surface area contributed by atoms with Gasteiger partial charge in [0.25, 0.3) is 0 Å². The molecule has 2 aromatic carbocycles. The minimum atomic E-state index is -0.419. The minimum absolute atomic E-state index is 0.333. The Kier molecular flexibility index (Phi) is 10.3. The predicted octanol–water partition coefficient (Wildman–Crippen LogP) is 2.68. The summed E-state index contributed by atoms with van der Waals surface area (Å²) < 4.78 is 26.8. The molecule has 0 atom stereocenters. The van der Waals surface area contributed by atoms with E-state index in [9.17, 15) is 4.79 Å². The van der Waals surface area contributed by atoms with Crippen molar-refractivity contribution in [1.29, 1.82) is 0 Å². The van der Waals surface area contributed by atoms with E-state index in [0.29, 0.717) is 29.4 Å². The number of nitrogens with one attached hydrogen (secondary N) is 1. The zero-order valence-electron chi connectivity index (χ0n) is 21.2. The van der Waals surface area contributed by atoms with Gasteiger partial charge in [-0.2, -0.15) is 0 Å². The summed E-state index contributed by atoms with van der Waals surface area (Å²) in [5, 5.41) is 3.44. The molecule has 35 heavy (non-hydrogen) atoms. The minimum Gasteiger partial charge on any atom is -0.495 e. The number of nitrogens with zero attached hydrogens (tertiary/aromatic N) is 2. The van der Waals surface area contributed by atoms with Crippen molar-refractivity contribution in [3.05, 3.63) is 42.0 Å². The highest BCUT2D eigenvalue weighted by Gasteiger charge is 2.19. The van der Waals surface area contributed by atoms with Gasteiger partial charge < -0.3 is 33.9 Å². The van der Waals surface area contributed by atoms with Crippen LogP contribution in [0.15, 0.2) is 36.4 Å². The van der Waals surface area contributed by atoms with Gasteiger partial charge in [0.1, 0.15) is 5.75 Å². The van der Waals surface area contributed by atoms with E-state index >= 15 is 0 Å². The van der Waals surface area contributed by atoms with Gasteiger partial charge in [-0.05, 0) is 37.2 Å². The van der Waals surface area contributed by atoms with Crippen molar-refractivity contribution in [2.45, 2.75) is 6.42 Å². The van der Waals surface area contributed by atoms with E-state index < -0.39 is 5.97 Å². The average Bonchev–Trinajstić information content (AvgIpc) is 2.91. The third kappa shape index (κ3) is 7.16. The topological polar surface area (TPSA) is 81.7 Å². The van der Waals surface area contributed by atoms with Crippen LogP contribution in [0.3, 0.4) is 0 Å². The maximum absolute atomic E-state index is 12.4. The number of hydrogen-bond donors (Lipinski definition) is 1. The summed E-state index contributed by atoms with van der Waals surface area (Å²) in [6.07, 6.45) is 0.734. The molecule has 0 bridgehead atoms. The molecule has 1 aliphatic heterocycles. The summed E-state index contributed by atoms with van der Waals surface area (Å²) in [5.41, 5.74) is 1.52. The molecule has 0 spiro atoms. The van der Waals surface area contributed by atoms with E-state index in [1.54, 1.807) is 19.2 Å². The van der Waals surface area contributed by atoms with Crippen LogP contribution in [-0.2, 0) is 4.74 Å². The van der Waals surface area contributed by atoms with Crippen LogP contribution in [0.2, 0.25) is 0 Å². The molecule has 1 saturated heterocycles. The van der Waals surface area contributed by atoms with Crippen LogP contribution in [0.4, 0.5) is 5.69 Å². The molecule has 1 aliphatic rings. The largest absolute Gasteiger partial charge is 0.495 e. The fourth-order valence-electron chi connectivity index (χ4n) is 4.11. The summed E-state index contributed by atoms with van der Waals surface area (Å²) in [7, 11) is 6.26. The number of rotatable bonds is 13. The smallest absolute Gasteiger partial charge is 0.338 e. The average molecular weight is 488 g/mol. The van der Waals surface area contributed by atoms with Crippen molar-refractivity contribution in [2.75, 3.05) is 85.8 Å². The van der Waals surface area contributed by atoms with E-state index in [1.807, 2.05) is 12.1 Å². The molecule has 0 radical (unpaired) electrons. The Balaban J connectivity index is 1.31. The van der Waals surface area contributed by atoms with Gasteiger partial charge in [0.15, 0.2) is 11.5 Å². The third-order valence-corrected chi connectivity index (χ3v) is 6.03. The third-order valence-electron chi connectivity index (χ3n) is 6.03. The number of carbonyl (C=O) groups excluding carboxylic acids is 1. The Hall–Kier alpha value is -3.17. The van der Waals surface area contributed by atoms with Crippen molar-refractivity contribution >= 4 is 11.7 Å². The second kappa shape index (κ2) is 13.7. The van der Waals surface area contributed by atoms with Gasteiger partial charge in [-0.25, -0.2) is 4.79 Å². The van der Waals surface area contributed by atoms with Crippen LogP contribution in [0.25, 0.3) is 0 Å². The maximum Gasteiger partial charge on any atom is 0.338 e. The highest BCUT2D eigenvalue weighted by atomic mass is 16.5. The fourth-order valence-corrected chi connectivity index (χ4v) is 4.11. The molecular weight excluding hydrogens is 450 g/mol. The summed E-state index contributed by atoms with van der Waals surface area (Å²) >= 11 is 0. The van der Waals surface area contributed by atoms with E-state index in [2.05, 4.69) is 27.2 Å². The quantitative estimate of drug-likeness (QED) is 0.339. The van der Waals surface area contributed by atoms with Crippen molar-refractivity contribution in [2.24, 2.45) is 0 Å². The SMILES string of the molecule is COc1ccccc1N1CCN(CCNCCCOC(=O)c2cc(OC)c(OC)c(OC)c2)CC1. The second-order valence-corrected chi connectivity index (χ2v) is 8.15. The van der Waals surface area contributed by atoms with Crippen LogP contribution < -0.4 is 29.2 Å². The lowest BCUT2D eigenvalue weighted by Crippen LogP contribution is -2.48. The highest BCUT2D eigenvalue weighted by molar-refractivity contribution is 5.91. The molecule has 9 nitrogen and oxygen atoms in total. The number of ether oxygens (including phenoxy) is 5. The van der Waals surface area contributed by atoms with Crippen LogP contribution >= 0.6 is 0 Å². The molecular formula is C26H37N3O6. The Morgan fingerprint density at radius 3 is 2.14 bits per heavy atom. The summed E-state index contributed by atoms with van der Waals surface area (Å²) in [5.74, 6) is 1.79. The number of anilines is 1.